The Morgan fingerprint density at radius 2 is 2.10 bits per heavy atom. The van der Waals surface area contributed by atoms with Gasteiger partial charge < -0.3 is 4.84 Å². The molecular weight excluding hydrogens is 306 g/mol. The predicted octanol–water partition coefficient (Wildman–Crippen LogP) is 3.33. The maximum absolute atomic E-state index is 6.19. The van der Waals surface area contributed by atoms with E-state index >= 15 is 0 Å². The molecule has 3 nitrogen and oxygen atoms in total. The summed E-state index contributed by atoms with van der Waals surface area (Å²) in [6.07, 6.45) is 4.10. The molecule has 100 valence electrons. The molecule has 0 amide bonds. The molecule has 0 bridgehead atoms. The van der Waals surface area contributed by atoms with Gasteiger partial charge in [0.25, 0.3) is 0 Å². The van der Waals surface area contributed by atoms with Crippen LogP contribution in [-0.4, -0.2) is 47.4 Å². The van der Waals surface area contributed by atoms with Crippen molar-refractivity contribution in [1.82, 2.24) is 4.98 Å². The molecule has 0 saturated heterocycles. The van der Waals surface area contributed by atoms with Gasteiger partial charge in [-0.15, -0.1) is 0 Å². The van der Waals surface area contributed by atoms with E-state index in [1.54, 1.807) is 24.5 Å². The Balaban J connectivity index is 0.00000200. The molecule has 1 aromatic carbocycles. The molecule has 0 saturated carbocycles. The third-order valence-electron chi connectivity index (χ3n) is 2.54. The molecule has 2 rings (SSSR count). The molecule has 0 atom stereocenters. The Morgan fingerprint density at radius 3 is 2.70 bits per heavy atom. The first-order chi connectivity index (χ1) is 9.20. The zero-order valence-corrected chi connectivity index (χ0v) is 11.8. The zero-order chi connectivity index (χ0) is 13.7. The standard InChI is InChI=1S/C14H12Cl2N2O.Na.H/c1-19-18-14(7-10-3-2-6-17-9-10)12-5-4-11(15)8-13(12)16;;/h2-6,8-9H,7H2,1H3;;. The van der Waals surface area contributed by atoms with Crippen molar-refractivity contribution in [3.8, 4) is 0 Å². The second kappa shape index (κ2) is 8.65. The minimum absolute atomic E-state index is 0. The van der Waals surface area contributed by atoms with Gasteiger partial charge in [-0.25, -0.2) is 0 Å². The first-order valence-corrected chi connectivity index (χ1v) is 6.40. The van der Waals surface area contributed by atoms with Crippen LogP contribution in [0.4, 0.5) is 0 Å². The van der Waals surface area contributed by atoms with Gasteiger partial charge >= 0.3 is 29.6 Å². The van der Waals surface area contributed by atoms with Crippen molar-refractivity contribution in [1.29, 1.82) is 0 Å². The van der Waals surface area contributed by atoms with Gasteiger partial charge in [-0.05, 0) is 23.8 Å². The van der Waals surface area contributed by atoms with Crippen molar-refractivity contribution in [2.75, 3.05) is 7.11 Å². The molecule has 6 heteroatoms. The maximum atomic E-state index is 6.19. The summed E-state index contributed by atoms with van der Waals surface area (Å²) in [7, 11) is 1.51. The first kappa shape index (κ1) is 17.5. The van der Waals surface area contributed by atoms with E-state index in [-0.39, 0.29) is 29.6 Å². The van der Waals surface area contributed by atoms with Crippen LogP contribution in [0, 0.1) is 0 Å². The third kappa shape index (κ3) is 4.76. The summed E-state index contributed by atoms with van der Waals surface area (Å²) in [6, 6.07) is 9.15. The fraction of sp³-hybridized carbons (Fsp3) is 0.143. The molecule has 1 aromatic heterocycles. The van der Waals surface area contributed by atoms with Gasteiger partial charge in [-0.1, -0.05) is 40.5 Å². The van der Waals surface area contributed by atoms with Gasteiger partial charge in [-0.2, -0.15) is 0 Å². The van der Waals surface area contributed by atoms with Gasteiger partial charge in [0.2, 0.25) is 0 Å². The van der Waals surface area contributed by atoms with Crippen molar-refractivity contribution in [2.45, 2.75) is 6.42 Å². The molecule has 0 aliphatic rings. The first-order valence-electron chi connectivity index (χ1n) is 5.65. The average Bonchev–Trinajstić information content (AvgIpc) is 2.39. The Labute approximate surface area is 150 Å². The summed E-state index contributed by atoms with van der Waals surface area (Å²) in [5.74, 6) is 0. The summed E-state index contributed by atoms with van der Waals surface area (Å²) in [4.78, 5) is 8.97. The zero-order valence-electron chi connectivity index (χ0n) is 10.3. The van der Waals surface area contributed by atoms with E-state index in [1.165, 1.54) is 7.11 Å². The van der Waals surface area contributed by atoms with E-state index in [4.69, 9.17) is 28.0 Å². The number of pyridine rings is 1. The topological polar surface area (TPSA) is 34.5 Å². The van der Waals surface area contributed by atoms with Crippen molar-refractivity contribution >= 4 is 58.5 Å². The molecule has 0 fully saturated rings. The van der Waals surface area contributed by atoms with Gasteiger partial charge in [0.15, 0.2) is 0 Å². The van der Waals surface area contributed by atoms with E-state index in [0.717, 1.165) is 16.8 Å². The van der Waals surface area contributed by atoms with Crippen molar-refractivity contribution in [3.63, 3.8) is 0 Å². The van der Waals surface area contributed by atoms with Crippen LogP contribution in [0.5, 0.6) is 0 Å². The van der Waals surface area contributed by atoms with E-state index in [2.05, 4.69) is 10.1 Å². The van der Waals surface area contributed by atoms with Gasteiger partial charge in [0, 0.05) is 29.4 Å². The number of benzene rings is 1. The Hall–Kier alpha value is -0.580. The van der Waals surface area contributed by atoms with E-state index in [0.29, 0.717) is 16.5 Å². The molecule has 0 unspecified atom stereocenters. The predicted molar refractivity (Wildman–Crippen MR) is 85.1 cm³/mol. The fourth-order valence-corrected chi connectivity index (χ4v) is 2.22. The summed E-state index contributed by atoms with van der Waals surface area (Å²) in [5.41, 5.74) is 2.57. The second-order valence-corrected chi connectivity index (χ2v) is 4.73. The van der Waals surface area contributed by atoms with Crippen LogP contribution in [0.25, 0.3) is 0 Å². The molecule has 0 aliphatic carbocycles. The van der Waals surface area contributed by atoms with E-state index in [1.807, 2.05) is 18.2 Å². The Bertz CT molecular complexity index is 591. The second-order valence-electron chi connectivity index (χ2n) is 3.88. The summed E-state index contributed by atoms with van der Waals surface area (Å²) in [5, 5.41) is 5.18. The van der Waals surface area contributed by atoms with E-state index in [9.17, 15) is 0 Å². The number of nitrogens with zero attached hydrogens (tertiary/aromatic N) is 2. The van der Waals surface area contributed by atoms with Gasteiger partial charge in [0.1, 0.15) is 7.11 Å². The summed E-state index contributed by atoms with van der Waals surface area (Å²) >= 11 is 12.1. The fourth-order valence-electron chi connectivity index (χ4n) is 1.71. The SMILES string of the molecule is CON=C(Cc1cccnc1)c1ccc(Cl)cc1Cl.[NaH]. The number of hydrogen-bond acceptors (Lipinski definition) is 3. The van der Waals surface area contributed by atoms with Crippen LogP contribution in [0.3, 0.4) is 0 Å². The minimum atomic E-state index is 0. The molecule has 20 heavy (non-hydrogen) atoms. The monoisotopic (exact) mass is 318 g/mol. The summed E-state index contributed by atoms with van der Waals surface area (Å²) < 4.78 is 0. The number of aromatic nitrogens is 1. The number of hydrogen-bond donors (Lipinski definition) is 0. The molecular formula is C14H13Cl2N2NaO. The summed E-state index contributed by atoms with van der Waals surface area (Å²) in [6.45, 7) is 0. The van der Waals surface area contributed by atoms with Crippen LogP contribution in [-0.2, 0) is 11.3 Å². The van der Waals surface area contributed by atoms with Gasteiger partial charge in [0.05, 0.1) is 10.7 Å². The molecule has 0 aliphatic heterocycles. The Kier molecular flexibility index (Phi) is 7.56. The van der Waals surface area contributed by atoms with Crippen LogP contribution >= 0.6 is 23.2 Å². The van der Waals surface area contributed by atoms with Crippen molar-refractivity contribution < 1.29 is 4.84 Å². The van der Waals surface area contributed by atoms with Crippen LogP contribution in [0.1, 0.15) is 11.1 Å². The quantitative estimate of drug-likeness (QED) is 0.492. The molecule has 0 spiro atoms. The molecule has 2 aromatic rings. The van der Waals surface area contributed by atoms with Crippen molar-refractivity contribution in [3.05, 3.63) is 63.9 Å². The molecule has 0 N–H and O–H groups in total. The van der Waals surface area contributed by atoms with Gasteiger partial charge in [-0.3, -0.25) is 4.98 Å². The van der Waals surface area contributed by atoms with Crippen LogP contribution in [0.2, 0.25) is 10.0 Å². The molecule has 1 heterocycles. The van der Waals surface area contributed by atoms with E-state index < -0.39 is 0 Å². The number of rotatable bonds is 4. The third-order valence-corrected chi connectivity index (χ3v) is 3.09. The van der Waals surface area contributed by atoms with Crippen molar-refractivity contribution in [2.24, 2.45) is 5.16 Å². The average molecular weight is 319 g/mol. The van der Waals surface area contributed by atoms with Crippen LogP contribution in [0.15, 0.2) is 47.9 Å². The number of halogens is 2. The molecule has 0 radical (unpaired) electrons. The van der Waals surface area contributed by atoms with Crippen LogP contribution < -0.4 is 0 Å². The normalized spacial score (nSPS) is 10.8. The Morgan fingerprint density at radius 1 is 1.30 bits per heavy atom. The number of oxime groups is 1.